The molecule has 0 fully saturated rings. The minimum Gasteiger partial charge on any atom is -0.349 e. The number of carbonyl (C=O) groups excluding carboxylic acids is 2. The molecule has 27 heavy (non-hydrogen) atoms. The molecule has 0 aliphatic heterocycles. The molecule has 0 aliphatic carbocycles. The normalized spacial score (nSPS) is 11.6. The van der Waals surface area contributed by atoms with Crippen molar-refractivity contribution in [2.45, 2.75) is 19.4 Å². The Labute approximate surface area is 161 Å². The minimum atomic E-state index is -0.436. The lowest BCUT2D eigenvalue weighted by atomic mass is 10.0. The number of halogens is 1. The summed E-state index contributed by atoms with van der Waals surface area (Å²) in [6, 6.07) is 13.8. The van der Waals surface area contributed by atoms with Crippen LogP contribution in [-0.4, -0.2) is 26.6 Å². The Kier molecular flexibility index (Phi) is 5.83. The van der Waals surface area contributed by atoms with Gasteiger partial charge >= 0.3 is 0 Å². The van der Waals surface area contributed by atoms with E-state index >= 15 is 0 Å². The molecule has 0 radical (unpaired) electrons. The zero-order chi connectivity index (χ0) is 19.2. The number of hydrogen-bond acceptors (Lipinski definition) is 4. The fourth-order valence-corrected chi connectivity index (χ4v) is 2.76. The molecule has 1 unspecified atom stereocenters. The number of nitrogens with zero attached hydrogens (tertiary/aromatic N) is 3. The van der Waals surface area contributed by atoms with Crippen LogP contribution in [0.15, 0.2) is 61.2 Å². The van der Waals surface area contributed by atoms with Crippen LogP contribution in [0.25, 0.3) is 5.69 Å². The molecular weight excluding hydrogens is 366 g/mol. The number of hydrogen-bond donors (Lipinski definition) is 2. The Morgan fingerprint density at radius 1 is 1.11 bits per heavy atom. The first-order valence-electron chi connectivity index (χ1n) is 8.29. The van der Waals surface area contributed by atoms with Crippen molar-refractivity contribution in [3.8, 4) is 5.69 Å². The van der Waals surface area contributed by atoms with Crippen molar-refractivity contribution >= 4 is 29.1 Å². The van der Waals surface area contributed by atoms with Crippen LogP contribution in [0.4, 0.5) is 5.69 Å². The van der Waals surface area contributed by atoms with E-state index in [9.17, 15) is 9.59 Å². The number of anilines is 1. The molecule has 3 rings (SSSR count). The third-order valence-electron chi connectivity index (χ3n) is 3.87. The highest BCUT2D eigenvalue weighted by atomic mass is 35.5. The maximum Gasteiger partial charge on any atom is 0.226 e. The first kappa shape index (κ1) is 18.6. The summed E-state index contributed by atoms with van der Waals surface area (Å²) in [6.45, 7) is 1.42. The van der Waals surface area contributed by atoms with Gasteiger partial charge in [0.2, 0.25) is 11.8 Å². The molecular formula is C19H18ClN5O2. The highest BCUT2D eigenvalue weighted by Gasteiger charge is 2.17. The highest BCUT2D eigenvalue weighted by Crippen LogP contribution is 2.21. The summed E-state index contributed by atoms with van der Waals surface area (Å²) in [4.78, 5) is 27.8. The predicted octanol–water partition coefficient (Wildman–Crippen LogP) is 3.13. The Bertz CT molecular complexity index is 908. The maximum absolute atomic E-state index is 12.4. The number of aromatic nitrogens is 3. The monoisotopic (exact) mass is 383 g/mol. The molecule has 7 nitrogen and oxygen atoms in total. The third kappa shape index (κ3) is 5.15. The summed E-state index contributed by atoms with van der Waals surface area (Å²) in [5, 5.41) is 10.3. The maximum atomic E-state index is 12.4. The van der Waals surface area contributed by atoms with Crippen LogP contribution < -0.4 is 10.6 Å². The zero-order valence-corrected chi connectivity index (χ0v) is 15.3. The first-order chi connectivity index (χ1) is 13.0. The fourth-order valence-electron chi connectivity index (χ4n) is 2.63. The molecule has 1 heterocycles. The predicted molar refractivity (Wildman–Crippen MR) is 103 cm³/mol. The molecule has 2 amide bonds. The van der Waals surface area contributed by atoms with Gasteiger partial charge in [0.1, 0.15) is 12.7 Å². The summed E-state index contributed by atoms with van der Waals surface area (Å²) in [7, 11) is 0. The Morgan fingerprint density at radius 2 is 1.81 bits per heavy atom. The van der Waals surface area contributed by atoms with Crippen molar-refractivity contribution < 1.29 is 9.59 Å². The molecule has 0 aliphatic rings. The first-order valence-corrected chi connectivity index (χ1v) is 8.66. The Balaban J connectivity index is 1.66. The van der Waals surface area contributed by atoms with E-state index in [1.807, 2.05) is 12.1 Å². The van der Waals surface area contributed by atoms with Crippen molar-refractivity contribution in [2.75, 3.05) is 5.32 Å². The smallest absolute Gasteiger partial charge is 0.226 e. The van der Waals surface area contributed by atoms with Gasteiger partial charge in [0.25, 0.3) is 0 Å². The summed E-state index contributed by atoms with van der Waals surface area (Å²) in [5.74, 6) is -0.419. The van der Waals surface area contributed by atoms with Crippen LogP contribution in [0, 0.1) is 0 Å². The van der Waals surface area contributed by atoms with Gasteiger partial charge in [-0.05, 0) is 42.0 Å². The van der Waals surface area contributed by atoms with E-state index in [-0.39, 0.29) is 18.2 Å². The molecule has 2 N–H and O–H groups in total. The van der Waals surface area contributed by atoms with E-state index < -0.39 is 6.04 Å². The second kappa shape index (κ2) is 8.46. The lowest BCUT2D eigenvalue weighted by Gasteiger charge is -2.18. The number of carbonyl (C=O) groups is 2. The third-order valence-corrected chi connectivity index (χ3v) is 4.13. The van der Waals surface area contributed by atoms with Crippen molar-refractivity contribution in [3.05, 3.63) is 71.8 Å². The molecule has 1 aromatic heterocycles. The van der Waals surface area contributed by atoms with Gasteiger partial charge in [0.05, 0.1) is 18.2 Å². The van der Waals surface area contributed by atoms with Gasteiger partial charge in [-0.1, -0.05) is 23.7 Å². The van der Waals surface area contributed by atoms with Crippen molar-refractivity contribution in [1.29, 1.82) is 0 Å². The minimum absolute atomic E-state index is 0.103. The summed E-state index contributed by atoms with van der Waals surface area (Å²) in [5.41, 5.74) is 2.30. The van der Waals surface area contributed by atoms with Crippen LogP contribution in [-0.2, 0) is 9.59 Å². The van der Waals surface area contributed by atoms with E-state index in [1.165, 1.54) is 13.3 Å². The number of rotatable bonds is 6. The van der Waals surface area contributed by atoms with E-state index in [1.54, 1.807) is 47.4 Å². The number of amides is 2. The molecule has 0 bridgehead atoms. The Morgan fingerprint density at radius 3 is 2.41 bits per heavy atom. The van der Waals surface area contributed by atoms with Gasteiger partial charge in [-0.15, -0.1) is 0 Å². The molecule has 138 valence electrons. The average molecular weight is 384 g/mol. The van der Waals surface area contributed by atoms with Gasteiger partial charge in [-0.3, -0.25) is 9.59 Å². The summed E-state index contributed by atoms with van der Waals surface area (Å²) >= 11 is 5.91. The highest BCUT2D eigenvalue weighted by molar-refractivity contribution is 6.30. The van der Waals surface area contributed by atoms with Gasteiger partial charge in [0, 0.05) is 17.6 Å². The topological polar surface area (TPSA) is 88.9 Å². The van der Waals surface area contributed by atoms with Gasteiger partial charge in [-0.25, -0.2) is 9.67 Å². The molecule has 3 aromatic rings. The summed E-state index contributed by atoms with van der Waals surface area (Å²) < 4.78 is 1.62. The quantitative estimate of drug-likeness (QED) is 0.684. The molecule has 0 saturated carbocycles. The number of nitrogens with one attached hydrogen (secondary N) is 2. The van der Waals surface area contributed by atoms with Crippen molar-refractivity contribution in [1.82, 2.24) is 20.1 Å². The molecule has 0 spiro atoms. The van der Waals surface area contributed by atoms with Crippen molar-refractivity contribution in [2.24, 2.45) is 0 Å². The second-order valence-corrected chi connectivity index (χ2v) is 6.38. The van der Waals surface area contributed by atoms with Crippen LogP contribution in [0.2, 0.25) is 5.02 Å². The van der Waals surface area contributed by atoms with Crippen LogP contribution in [0.5, 0.6) is 0 Å². The Hall–Kier alpha value is -3.19. The van der Waals surface area contributed by atoms with Crippen LogP contribution in [0.3, 0.4) is 0 Å². The molecule has 0 saturated heterocycles. The van der Waals surface area contributed by atoms with Crippen LogP contribution in [0.1, 0.15) is 24.9 Å². The van der Waals surface area contributed by atoms with E-state index in [2.05, 4.69) is 20.7 Å². The van der Waals surface area contributed by atoms with E-state index in [0.717, 1.165) is 11.3 Å². The van der Waals surface area contributed by atoms with Crippen molar-refractivity contribution in [3.63, 3.8) is 0 Å². The molecule has 2 aromatic carbocycles. The van der Waals surface area contributed by atoms with Gasteiger partial charge in [0.15, 0.2) is 0 Å². The lowest BCUT2D eigenvalue weighted by molar-refractivity contribution is -0.120. The average Bonchev–Trinajstić information content (AvgIpc) is 3.17. The SMILES string of the molecule is CC(=O)NC(CC(=O)Nc1ccc(-n2cncn2)cc1)c1ccc(Cl)cc1. The number of benzene rings is 2. The van der Waals surface area contributed by atoms with Gasteiger partial charge < -0.3 is 10.6 Å². The van der Waals surface area contributed by atoms with E-state index in [0.29, 0.717) is 10.7 Å². The standard InChI is InChI=1S/C19H18ClN5O2/c1-13(26)23-18(14-2-4-15(20)5-3-14)10-19(27)24-16-6-8-17(9-7-16)25-12-21-11-22-25/h2-9,11-12,18H,10H2,1H3,(H,23,26)(H,24,27). The fraction of sp³-hybridized carbons (Fsp3) is 0.158. The largest absolute Gasteiger partial charge is 0.349 e. The van der Waals surface area contributed by atoms with Crippen LogP contribution >= 0.6 is 11.6 Å². The molecule has 8 heteroatoms. The zero-order valence-electron chi connectivity index (χ0n) is 14.6. The van der Waals surface area contributed by atoms with Gasteiger partial charge in [-0.2, -0.15) is 5.10 Å². The van der Waals surface area contributed by atoms with E-state index in [4.69, 9.17) is 11.6 Å². The molecule has 1 atom stereocenters. The second-order valence-electron chi connectivity index (χ2n) is 5.94. The lowest BCUT2D eigenvalue weighted by Crippen LogP contribution is -2.29. The summed E-state index contributed by atoms with van der Waals surface area (Å²) in [6.07, 6.45) is 3.15.